The van der Waals surface area contributed by atoms with E-state index in [1.807, 2.05) is 26.2 Å². The molecule has 2 aromatic carbocycles. The van der Waals surface area contributed by atoms with Gasteiger partial charge >= 0.3 is 5.97 Å². The van der Waals surface area contributed by atoms with Crippen molar-refractivity contribution < 1.29 is 19.4 Å². The predicted octanol–water partition coefficient (Wildman–Crippen LogP) is 4.15. The summed E-state index contributed by atoms with van der Waals surface area (Å²) in [5.41, 5.74) is 1.60. The number of aliphatic hydroxyl groups is 1. The lowest BCUT2D eigenvalue weighted by atomic mass is 9.97. The summed E-state index contributed by atoms with van der Waals surface area (Å²) in [5.74, 6) is 0.241. The van der Waals surface area contributed by atoms with Crippen LogP contribution in [-0.4, -0.2) is 53.7 Å². The first-order valence-electron chi connectivity index (χ1n) is 11.5. The molecule has 0 fully saturated rings. The maximum atomic E-state index is 13.1. The van der Waals surface area contributed by atoms with Crippen molar-refractivity contribution in [3.8, 4) is 17.0 Å². The molecule has 0 aliphatic heterocycles. The molecule has 0 aliphatic carbocycles. The van der Waals surface area contributed by atoms with Crippen molar-refractivity contribution >= 4 is 29.3 Å². The van der Waals surface area contributed by atoms with Gasteiger partial charge in [0, 0.05) is 37.3 Å². The van der Waals surface area contributed by atoms with Gasteiger partial charge in [0.1, 0.15) is 12.0 Å². The number of nitrogens with one attached hydrogen (secondary N) is 1. The normalized spacial score (nSPS) is 12.2. The van der Waals surface area contributed by atoms with E-state index in [0.29, 0.717) is 33.5 Å². The molecule has 1 atom stereocenters. The average molecular weight is 511 g/mol. The molecule has 0 amide bonds. The van der Waals surface area contributed by atoms with Crippen LogP contribution in [0, 0.1) is 5.41 Å². The summed E-state index contributed by atoms with van der Waals surface area (Å²) in [4.78, 5) is 35.8. The minimum Gasteiger partial charge on any atom is -0.426 e. The molecule has 8 nitrogen and oxygen atoms in total. The highest BCUT2D eigenvalue weighted by molar-refractivity contribution is 6.30. The first-order chi connectivity index (χ1) is 16.9. The Morgan fingerprint density at radius 2 is 1.86 bits per heavy atom. The number of ketones is 1. The lowest BCUT2D eigenvalue weighted by molar-refractivity contribution is -0.143. The third-order valence-corrected chi connectivity index (χ3v) is 5.46. The minimum absolute atomic E-state index is 0.127. The van der Waals surface area contributed by atoms with Gasteiger partial charge in [0.25, 0.3) is 0 Å². The molecule has 9 heteroatoms. The van der Waals surface area contributed by atoms with Crippen molar-refractivity contribution in [3.05, 3.63) is 70.9 Å². The third-order valence-electron chi connectivity index (χ3n) is 5.22. The van der Waals surface area contributed by atoms with Crippen LogP contribution in [0.3, 0.4) is 0 Å². The van der Waals surface area contributed by atoms with E-state index in [9.17, 15) is 14.7 Å². The fourth-order valence-electron chi connectivity index (χ4n) is 3.25. The third kappa shape index (κ3) is 7.34. The number of benzene rings is 2. The first kappa shape index (κ1) is 27.3. The Labute approximate surface area is 216 Å². The number of carbonyl (C=O) groups excluding carboxylic acids is 2. The molecule has 0 saturated carbocycles. The summed E-state index contributed by atoms with van der Waals surface area (Å²) in [6.45, 7) is 5.21. The number of aliphatic hydroxyl groups excluding tert-OH is 1. The number of carbonyl (C=O) groups is 2. The molecule has 1 heterocycles. The molecular formula is C27H31ClN4O4. The van der Waals surface area contributed by atoms with E-state index in [2.05, 4.69) is 15.3 Å². The second-order valence-corrected chi connectivity index (χ2v) is 10.1. The standard InChI is InChI=1S/C27H31ClN4O4/c1-27(2,3)25(35)36-20-11-6-8-17(12-20)13-23(34)29-16-22(33)21-15-30-26(32(4)5)31-24(21)18-9-7-10-19(28)14-18/h6-12,14-15,23,29,34H,13,16H2,1-5H3. The van der Waals surface area contributed by atoms with Gasteiger partial charge in [0.05, 0.1) is 23.2 Å². The lowest BCUT2D eigenvalue weighted by Gasteiger charge is -2.17. The van der Waals surface area contributed by atoms with Crippen LogP contribution in [0.25, 0.3) is 11.3 Å². The molecule has 3 aromatic rings. The van der Waals surface area contributed by atoms with Crippen LogP contribution in [0.4, 0.5) is 5.95 Å². The van der Waals surface area contributed by atoms with Crippen LogP contribution in [0.15, 0.2) is 54.7 Å². The zero-order valence-corrected chi connectivity index (χ0v) is 21.8. The fourth-order valence-corrected chi connectivity index (χ4v) is 3.44. The number of anilines is 1. The average Bonchev–Trinajstić information content (AvgIpc) is 2.81. The smallest absolute Gasteiger partial charge is 0.316 e. The van der Waals surface area contributed by atoms with E-state index in [-0.39, 0.29) is 24.7 Å². The van der Waals surface area contributed by atoms with E-state index in [4.69, 9.17) is 16.3 Å². The molecule has 1 unspecified atom stereocenters. The van der Waals surface area contributed by atoms with E-state index in [0.717, 1.165) is 5.56 Å². The van der Waals surface area contributed by atoms with E-state index in [1.165, 1.54) is 6.20 Å². The summed E-state index contributed by atoms with van der Waals surface area (Å²) in [6, 6.07) is 14.0. The highest BCUT2D eigenvalue weighted by Gasteiger charge is 2.24. The van der Waals surface area contributed by atoms with Crippen molar-refractivity contribution in [1.82, 2.24) is 15.3 Å². The number of halogens is 1. The second kappa shape index (κ2) is 11.6. The van der Waals surface area contributed by atoms with Gasteiger partial charge in [-0.05, 0) is 50.6 Å². The van der Waals surface area contributed by atoms with Gasteiger partial charge in [-0.25, -0.2) is 9.97 Å². The molecule has 0 saturated heterocycles. The molecular weight excluding hydrogens is 480 g/mol. The minimum atomic E-state index is -1.00. The van der Waals surface area contributed by atoms with Gasteiger partial charge in [0.2, 0.25) is 5.95 Å². The topological polar surface area (TPSA) is 105 Å². The number of nitrogens with zero attached hydrogens (tertiary/aromatic N) is 3. The molecule has 0 aliphatic rings. The molecule has 36 heavy (non-hydrogen) atoms. The van der Waals surface area contributed by atoms with Crippen LogP contribution in [0.5, 0.6) is 5.75 Å². The van der Waals surface area contributed by atoms with Crippen LogP contribution in [0.2, 0.25) is 5.02 Å². The Morgan fingerprint density at radius 1 is 1.14 bits per heavy atom. The maximum Gasteiger partial charge on any atom is 0.316 e. The zero-order valence-electron chi connectivity index (χ0n) is 21.1. The molecule has 0 bridgehead atoms. The molecule has 190 valence electrons. The van der Waals surface area contributed by atoms with Crippen molar-refractivity contribution in [2.24, 2.45) is 5.41 Å². The first-order valence-corrected chi connectivity index (χ1v) is 11.9. The summed E-state index contributed by atoms with van der Waals surface area (Å²) in [5, 5.41) is 13.9. The highest BCUT2D eigenvalue weighted by Crippen LogP contribution is 2.26. The quantitative estimate of drug-likeness (QED) is 0.191. The van der Waals surface area contributed by atoms with Crippen molar-refractivity contribution in [2.75, 3.05) is 25.5 Å². The molecule has 0 radical (unpaired) electrons. The Hall–Kier alpha value is -3.33. The Kier molecular flexibility index (Phi) is 8.79. The summed E-state index contributed by atoms with van der Waals surface area (Å²) >= 11 is 6.16. The van der Waals surface area contributed by atoms with Crippen LogP contribution in [0.1, 0.15) is 36.7 Å². The number of rotatable bonds is 9. The van der Waals surface area contributed by atoms with Gasteiger partial charge in [-0.1, -0.05) is 35.9 Å². The lowest BCUT2D eigenvalue weighted by Crippen LogP contribution is -2.35. The van der Waals surface area contributed by atoms with Gasteiger partial charge in [0.15, 0.2) is 5.78 Å². The number of aromatic nitrogens is 2. The number of hydrogen-bond acceptors (Lipinski definition) is 8. The van der Waals surface area contributed by atoms with E-state index in [1.54, 1.807) is 62.1 Å². The Balaban J connectivity index is 1.70. The molecule has 0 spiro atoms. The highest BCUT2D eigenvalue weighted by atomic mass is 35.5. The largest absolute Gasteiger partial charge is 0.426 e. The van der Waals surface area contributed by atoms with Gasteiger partial charge in [-0.2, -0.15) is 0 Å². The number of Topliss-reactive ketones (excluding diaryl/α,β-unsaturated/α-hetero) is 1. The Bertz CT molecular complexity index is 1240. The predicted molar refractivity (Wildman–Crippen MR) is 140 cm³/mol. The second-order valence-electron chi connectivity index (χ2n) is 9.65. The maximum absolute atomic E-state index is 13.1. The summed E-state index contributed by atoms with van der Waals surface area (Å²) in [6.07, 6.45) is 0.701. The Morgan fingerprint density at radius 3 is 2.53 bits per heavy atom. The SMILES string of the molecule is CN(C)c1ncc(C(=O)CNC(O)Cc2cccc(OC(=O)C(C)(C)C)c2)c(-c2cccc(Cl)c2)n1. The van der Waals surface area contributed by atoms with Crippen molar-refractivity contribution in [2.45, 2.75) is 33.4 Å². The van der Waals surface area contributed by atoms with Crippen molar-refractivity contribution in [3.63, 3.8) is 0 Å². The molecule has 3 rings (SSSR count). The number of esters is 1. The molecule has 2 N–H and O–H groups in total. The van der Waals surface area contributed by atoms with Crippen LogP contribution >= 0.6 is 11.6 Å². The van der Waals surface area contributed by atoms with E-state index < -0.39 is 11.6 Å². The van der Waals surface area contributed by atoms with Crippen molar-refractivity contribution in [1.29, 1.82) is 0 Å². The fraction of sp³-hybridized carbons (Fsp3) is 0.333. The van der Waals surface area contributed by atoms with E-state index >= 15 is 0 Å². The summed E-state index contributed by atoms with van der Waals surface area (Å²) < 4.78 is 5.43. The van der Waals surface area contributed by atoms with Gasteiger partial charge in [-0.3, -0.25) is 14.9 Å². The van der Waals surface area contributed by atoms with Gasteiger partial charge in [-0.15, -0.1) is 0 Å². The van der Waals surface area contributed by atoms with Crippen LogP contribution < -0.4 is 15.0 Å². The summed E-state index contributed by atoms with van der Waals surface area (Å²) in [7, 11) is 3.63. The number of hydrogen-bond donors (Lipinski definition) is 2. The zero-order chi connectivity index (χ0) is 26.5. The molecule has 1 aromatic heterocycles. The van der Waals surface area contributed by atoms with Gasteiger partial charge < -0.3 is 14.7 Å². The van der Waals surface area contributed by atoms with Crippen LogP contribution in [-0.2, 0) is 11.2 Å². The monoisotopic (exact) mass is 510 g/mol. The number of ether oxygens (including phenoxy) is 1.